The lowest BCUT2D eigenvalue weighted by molar-refractivity contribution is -0.134. The highest BCUT2D eigenvalue weighted by Crippen LogP contribution is 2.40. The van der Waals surface area contributed by atoms with Crippen LogP contribution in [0.5, 0.6) is 0 Å². The van der Waals surface area contributed by atoms with Gasteiger partial charge in [-0.15, -0.1) is 0 Å². The summed E-state index contributed by atoms with van der Waals surface area (Å²) in [6.07, 6.45) is 6.07. The lowest BCUT2D eigenvalue weighted by Crippen LogP contribution is -2.35. The van der Waals surface area contributed by atoms with Crippen LogP contribution in [0.4, 0.5) is 0 Å². The van der Waals surface area contributed by atoms with E-state index >= 15 is 0 Å². The van der Waals surface area contributed by atoms with Crippen molar-refractivity contribution in [3.8, 4) is 0 Å². The highest BCUT2D eigenvalue weighted by molar-refractivity contribution is 6.30. The molecule has 1 N–H and O–H groups in total. The molecule has 2 amide bonds. The van der Waals surface area contributed by atoms with E-state index in [-0.39, 0.29) is 23.7 Å². The summed E-state index contributed by atoms with van der Waals surface area (Å²) >= 11 is 5.96. The van der Waals surface area contributed by atoms with Gasteiger partial charge in [-0.25, -0.2) is 0 Å². The number of likely N-dealkylation sites (tertiary alicyclic amines) is 1. The molecular formula is C19H25ClN2O2. The van der Waals surface area contributed by atoms with E-state index in [2.05, 4.69) is 5.32 Å². The predicted molar refractivity (Wildman–Crippen MR) is 94.8 cm³/mol. The van der Waals surface area contributed by atoms with Crippen LogP contribution in [-0.4, -0.2) is 36.3 Å². The normalized spacial score (nSPS) is 23.5. The van der Waals surface area contributed by atoms with E-state index in [4.69, 9.17) is 11.6 Å². The molecule has 0 aromatic heterocycles. The third kappa shape index (κ3) is 4.50. The van der Waals surface area contributed by atoms with Gasteiger partial charge in [-0.2, -0.15) is 0 Å². The zero-order valence-corrected chi connectivity index (χ0v) is 14.7. The van der Waals surface area contributed by atoms with Gasteiger partial charge < -0.3 is 10.2 Å². The van der Waals surface area contributed by atoms with Gasteiger partial charge in [0.1, 0.15) is 0 Å². The van der Waals surface area contributed by atoms with Gasteiger partial charge in [0.25, 0.3) is 0 Å². The molecule has 130 valence electrons. The summed E-state index contributed by atoms with van der Waals surface area (Å²) in [6, 6.07) is 7.67. The van der Waals surface area contributed by atoms with E-state index in [0.29, 0.717) is 18.0 Å². The summed E-state index contributed by atoms with van der Waals surface area (Å²) in [4.78, 5) is 26.7. The Kier molecular flexibility index (Phi) is 5.77. The fourth-order valence-electron chi connectivity index (χ4n) is 3.44. The maximum atomic E-state index is 12.5. The van der Waals surface area contributed by atoms with Crippen molar-refractivity contribution in [1.29, 1.82) is 0 Å². The van der Waals surface area contributed by atoms with Crippen molar-refractivity contribution in [2.24, 2.45) is 11.8 Å². The minimum atomic E-state index is -0.125. The number of hydrogen-bond donors (Lipinski definition) is 1. The molecule has 1 aromatic rings. The SMILES string of the molecule is O=C(NCCc1cccc(Cl)c1)C1CC1C(=O)N1CCCCCC1. The minimum Gasteiger partial charge on any atom is -0.356 e. The topological polar surface area (TPSA) is 49.4 Å². The van der Waals surface area contributed by atoms with Crippen molar-refractivity contribution in [3.63, 3.8) is 0 Å². The molecule has 3 rings (SSSR count). The van der Waals surface area contributed by atoms with Gasteiger partial charge in [-0.1, -0.05) is 36.6 Å². The first-order chi connectivity index (χ1) is 11.6. The number of amides is 2. The smallest absolute Gasteiger partial charge is 0.226 e. The predicted octanol–water partition coefficient (Wildman–Crippen LogP) is 3.04. The Hall–Kier alpha value is -1.55. The molecule has 2 unspecified atom stereocenters. The van der Waals surface area contributed by atoms with E-state index in [1.54, 1.807) is 0 Å². The number of carbonyl (C=O) groups excluding carboxylic acids is 2. The van der Waals surface area contributed by atoms with E-state index < -0.39 is 0 Å². The van der Waals surface area contributed by atoms with Crippen molar-refractivity contribution in [1.82, 2.24) is 10.2 Å². The average molecular weight is 349 g/mol. The number of carbonyl (C=O) groups is 2. The fraction of sp³-hybridized carbons (Fsp3) is 0.579. The van der Waals surface area contributed by atoms with Crippen LogP contribution in [0.3, 0.4) is 0 Å². The quantitative estimate of drug-likeness (QED) is 0.889. The number of nitrogens with one attached hydrogen (secondary N) is 1. The summed E-state index contributed by atoms with van der Waals surface area (Å²) in [6.45, 7) is 2.30. The summed E-state index contributed by atoms with van der Waals surface area (Å²) in [7, 11) is 0. The van der Waals surface area contributed by atoms with Gasteiger partial charge >= 0.3 is 0 Å². The summed E-state index contributed by atoms with van der Waals surface area (Å²) in [5.74, 6) is -0.00789. The van der Waals surface area contributed by atoms with Gasteiger partial charge in [0.05, 0.1) is 11.8 Å². The summed E-state index contributed by atoms with van der Waals surface area (Å²) in [5, 5.41) is 3.67. The highest BCUT2D eigenvalue weighted by atomic mass is 35.5. The third-order valence-electron chi connectivity index (χ3n) is 4.96. The molecule has 1 heterocycles. The third-order valence-corrected chi connectivity index (χ3v) is 5.20. The zero-order valence-electron chi connectivity index (χ0n) is 14.0. The molecule has 2 fully saturated rings. The maximum Gasteiger partial charge on any atom is 0.226 e. The molecule has 0 radical (unpaired) electrons. The van der Waals surface area contributed by atoms with Crippen LogP contribution in [-0.2, 0) is 16.0 Å². The Balaban J connectivity index is 1.41. The van der Waals surface area contributed by atoms with Gasteiger partial charge in [-0.05, 0) is 43.4 Å². The molecule has 1 aliphatic heterocycles. The first-order valence-corrected chi connectivity index (χ1v) is 9.34. The van der Waals surface area contributed by atoms with E-state index in [1.165, 1.54) is 12.8 Å². The molecule has 24 heavy (non-hydrogen) atoms. The first-order valence-electron chi connectivity index (χ1n) is 8.96. The van der Waals surface area contributed by atoms with Crippen LogP contribution in [0.2, 0.25) is 5.02 Å². The second kappa shape index (κ2) is 8.02. The number of nitrogens with zero attached hydrogens (tertiary/aromatic N) is 1. The number of hydrogen-bond acceptors (Lipinski definition) is 2. The van der Waals surface area contributed by atoms with Crippen LogP contribution in [0.1, 0.15) is 37.7 Å². The minimum absolute atomic E-state index is 0.0187. The second-order valence-electron chi connectivity index (χ2n) is 6.86. The fourth-order valence-corrected chi connectivity index (χ4v) is 3.65. The number of halogens is 1. The van der Waals surface area contributed by atoms with Crippen molar-refractivity contribution >= 4 is 23.4 Å². The Morgan fingerprint density at radius 1 is 1.12 bits per heavy atom. The van der Waals surface area contributed by atoms with Gasteiger partial charge in [0.2, 0.25) is 11.8 Å². The van der Waals surface area contributed by atoms with E-state index in [9.17, 15) is 9.59 Å². The van der Waals surface area contributed by atoms with E-state index in [1.807, 2.05) is 29.2 Å². The van der Waals surface area contributed by atoms with Crippen LogP contribution < -0.4 is 5.32 Å². The second-order valence-corrected chi connectivity index (χ2v) is 7.30. The molecule has 4 nitrogen and oxygen atoms in total. The van der Waals surface area contributed by atoms with Crippen LogP contribution in [0, 0.1) is 11.8 Å². The molecule has 5 heteroatoms. The standard InChI is InChI=1S/C19H25ClN2O2/c20-15-7-5-6-14(12-15)8-9-21-18(23)16-13-17(16)19(24)22-10-3-1-2-4-11-22/h5-7,12,16-17H,1-4,8-11,13H2,(H,21,23). The largest absolute Gasteiger partial charge is 0.356 e. The lowest BCUT2D eigenvalue weighted by Gasteiger charge is -2.20. The Labute approximate surface area is 148 Å². The van der Waals surface area contributed by atoms with E-state index in [0.717, 1.165) is 37.9 Å². The first kappa shape index (κ1) is 17.3. The Morgan fingerprint density at radius 3 is 2.58 bits per heavy atom. The lowest BCUT2D eigenvalue weighted by atomic mass is 10.1. The molecular weight excluding hydrogens is 324 g/mol. The molecule has 1 aromatic carbocycles. The number of benzene rings is 1. The number of rotatable bonds is 5. The Bertz CT molecular complexity index is 597. The molecule has 1 saturated heterocycles. The van der Waals surface area contributed by atoms with Gasteiger partial charge in [0.15, 0.2) is 0 Å². The van der Waals surface area contributed by atoms with Gasteiger partial charge in [0, 0.05) is 24.7 Å². The van der Waals surface area contributed by atoms with Crippen LogP contribution >= 0.6 is 11.6 Å². The van der Waals surface area contributed by atoms with Crippen LogP contribution in [0.25, 0.3) is 0 Å². The summed E-state index contributed by atoms with van der Waals surface area (Å²) < 4.78 is 0. The van der Waals surface area contributed by atoms with Crippen molar-refractivity contribution < 1.29 is 9.59 Å². The van der Waals surface area contributed by atoms with Crippen molar-refractivity contribution in [2.75, 3.05) is 19.6 Å². The monoisotopic (exact) mass is 348 g/mol. The molecule has 2 atom stereocenters. The molecule has 0 bridgehead atoms. The molecule has 2 aliphatic rings. The van der Waals surface area contributed by atoms with Crippen molar-refractivity contribution in [2.45, 2.75) is 38.5 Å². The van der Waals surface area contributed by atoms with Crippen molar-refractivity contribution in [3.05, 3.63) is 34.9 Å². The highest BCUT2D eigenvalue weighted by Gasteiger charge is 2.49. The molecule has 1 saturated carbocycles. The molecule has 1 aliphatic carbocycles. The average Bonchev–Trinajstić information content (AvgIpc) is 3.38. The molecule has 0 spiro atoms. The Morgan fingerprint density at radius 2 is 1.88 bits per heavy atom. The van der Waals surface area contributed by atoms with Crippen LogP contribution in [0.15, 0.2) is 24.3 Å². The maximum absolute atomic E-state index is 12.5. The summed E-state index contributed by atoms with van der Waals surface area (Å²) in [5.41, 5.74) is 1.11. The van der Waals surface area contributed by atoms with Gasteiger partial charge in [-0.3, -0.25) is 9.59 Å². The zero-order chi connectivity index (χ0) is 16.9.